The van der Waals surface area contributed by atoms with Gasteiger partial charge in [-0.05, 0) is 0 Å². The van der Waals surface area contributed by atoms with Crippen LogP contribution >= 0.6 is 0 Å². The summed E-state index contributed by atoms with van der Waals surface area (Å²) in [4.78, 5) is 10.5. The van der Waals surface area contributed by atoms with Crippen molar-refractivity contribution < 1.29 is 9.53 Å². The van der Waals surface area contributed by atoms with Crippen molar-refractivity contribution in [1.82, 2.24) is 10.6 Å². The molecule has 0 rings (SSSR count). The predicted molar refractivity (Wildman–Crippen MR) is 43.5 cm³/mol. The number of hydrogen-bond acceptors (Lipinski definition) is 3. The van der Waals surface area contributed by atoms with Crippen LogP contribution in [-0.2, 0) is 4.74 Å². The Morgan fingerprint density at radius 3 is 2.64 bits per heavy atom. The van der Waals surface area contributed by atoms with Crippen molar-refractivity contribution >= 4 is 6.09 Å². The summed E-state index contributed by atoms with van der Waals surface area (Å²) in [6.45, 7) is 5.20. The van der Waals surface area contributed by atoms with E-state index in [1.807, 2.05) is 13.8 Å². The fraction of sp³-hybridized carbons (Fsp3) is 0.857. The van der Waals surface area contributed by atoms with E-state index in [9.17, 15) is 4.79 Å². The lowest BCUT2D eigenvalue weighted by Gasteiger charge is -2.07. The molecule has 0 aliphatic carbocycles. The fourth-order valence-electron chi connectivity index (χ4n) is 0.563. The molecule has 0 aliphatic rings. The lowest BCUT2D eigenvalue weighted by atomic mass is 10.4. The highest BCUT2D eigenvalue weighted by Crippen LogP contribution is 1.77. The Morgan fingerprint density at radius 1 is 1.55 bits per heavy atom. The first kappa shape index (κ1) is 10.2. The molecule has 0 aromatic rings. The number of amides is 1. The molecule has 0 heterocycles. The minimum Gasteiger partial charge on any atom is -0.448 e. The molecule has 0 fully saturated rings. The molecule has 4 heteroatoms. The third-order valence-electron chi connectivity index (χ3n) is 1.09. The number of carbonyl (C=O) groups is 1. The number of hydrogen-bond donors (Lipinski definition) is 2. The molecule has 0 unspecified atom stereocenters. The van der Waals surface area contributed by atoms with E-state index in [4.69, 9.17) is 4.74 Å². The summed E-state index contributed by atoms with van der Waals surface area (Å²) in [5.41, 5.74) is 0. The SMILES string of the molecule is CNC(=O)OCCNC(C)C. The van der Waals surface area contributed by atoms with Gasteiger partial charge in [0.25, 0.3) is 0 Å². The summed E-state index contributed by atoms with van der Waals surface area (Å²) in [7, 11) is 1.54. The van der Waals surface area contributed by atoms with E-state index in [1.54, 1.807) is 0 Å². The summed E-state index contributed by atoms with van der Waals surface area (Å²) in [6.07, 6.45) is -0.379. The Labute approximate surface area is 67.3 Å². The molecule has 11 heavy (non-hydrogen) atoms. The second kappa shape index (κ2) is 5.97. The predicted octanol–water partition coefficient (Wildman–Crippen LogP) is 0.340. The van der Waals surface area contributed by atoms with Gasteiger partial charge >= 0.3 is 6.09 Å². The number of alkyl carbamates (subject to hydrolysis) is 1. The maximum absolute atomic E-state index is 10.5. The minimum atomic E-state index is -0.379. The van der Waals surface area contributed by atoms with Crippen LogP contribution in [0.25, 0.3) is 0 Å². The largest absolute Gasteiger partial charge is 0.448 e. The zero-order valence-electron chi connectivity index (χ0n) is 7.31. The zero-order chi connectivity index (χ0) is 8.69. The lowest BCUT2D eigenvalue weighted by molar-refractivity contribution is 0.148. The molecule has 0 saturated carbocycles. The van der Waals surface area contributed by atoms with E-state index in [2.05, 4.69) is 10.6 Å². The number of rotatable bonds is 4. The van der Waals surface area contributed by atoms with Crippen LogP contribution in [0.2, 0.25) is 0 Å². The van der Waals surface area contributed by atoms with Crippen molar-refractivity contribution in [3.63, 3.8) is 0 Å². The van der Waals surface area contributed by atoms with Gasteiger partial charge in [0, 0.05) is 19.6 Å². The van der Waals surface area contributed by atoms with Crippen LogP contribution in [0, 0.1) is 0 Å². The Kier molecular flexibility index (Phi) is 5.56. The molecular formula is C7H16N2O2. The highest BCUT2D eigenvalue weighted by molar-refractivity contribution is 5.66. The van der Waals surface area contributed by atoms with Gasteiger partial charge in [-0.15, -0.1) is 0 Å². The van der Waals surface area contributed by atoms with E-state index in [1.165, 1.54) is 7.05 Å². The van der Waals surface area contributed by atoms with Gasteiger partial charge in [-0.1, -0.05) is 13.8 Å². The Hall–Kier alpha value is -0.770. The third-order valence-corrected chi connectivity index (χ3v) is 1.09. The second-order valence-electron chi connectivity index (χ2n) is 2.49. The first-order valence-corrected chi connectivity index (χ1v) is 3.74. The molecule has 0 spiro atoms. The molecule has 0 aromatic carbocycles. The summed E-state index contributed by atoms with van der Waals surface area (Å²) in [5, 5.41) is 5.48. The second-order valence-corrected chi connectivity index (χ2v) is 2.49. The lowest BCUT2D eigenvalue weighted by Crippen LogP contribution is -2.29. The van der Waals surface area contributed by atoms with Gasteiger partial charge in [0.2, 0.25) is 0 Å². The Bertz CT molecular complexity index is 115. The monoisotopic (exact) mass is 160 g/mol. The van der Waals surface area contributed by atoms with Gasteiger partial charge < -0.3 is 15.4 Å². The smallest absolute Gasteiger partial charge is 0.406 e. The van der Waals surface area contributed by atoms with E-state index >= 15 is 0 Å². The van der Waals surface area contributed by atoms with Crippen LogP contribution in [0.15, 0.2) is 0 Å². The van der Waals surface area contributed by atoms with E-state index < -0.39 is 0 Å². The summed E-state index contributed by atoms with van der Waals surface area (Å²) < 4.78 is 4.73. The first-order chi connectivity index (χ1) is 5.16. The average molecular weight is 160 g/mol. The third kappa shape index (κ3) is 7.12. The maximum Gasteiger partial charge on any atom is 0.406 e. The van der Waals surface area contributed by atoms with Gasteiger partial charge in [-0.25, -0.2) is 4.79 Å². The van der Waals surface area contributed by atoms with Crippen LogP contribution in [0.5, 0.6) is 0 Å². The summed E-state index contributed by atoms with van der Waals surface area (Å²) in [6, 6.07) is 0.434. The molecular weight excluding hydrogens is 144 g/mol. The number of carbonyl (C=O) groups excluding carboxylic acids is 1. The minimum absolute atomic E-state index is 0.379. The zero-order valence-corrected chi connectivity index (χ0v) is 7.31. The van der Waals surface area contributed by atoms with Gasteiger partial charge in [-0.3, -0.25) is 0 Å². The van der Waals surface area contributed by atoms with Crippen molar-refractivity contribution in [3.8, 4) is 0 Å². The van der Waals surface area contributed by atoms with Gasteiger partial charge in [0.05, 0.1) is 0 Å². The van der Waals surface area contributed by atoms with Crippen LogP contribution in [0.3, 0.4) is 0 Å². The maximum atomic E-state index is 10.5. The molecule has 0 bridgehead atoms. The number of nitrogens with one attached hydrogen (secondary N) is 2. The van der Waals surface area contributed by atoms with Crippen LogP contribution < -0.4 is 10.6 Å². The molecule has 4 nitrogen and oxygen atoms in total. The topological polar surface area (TPSA) is 50.4 Å². The van der Waals surface area contributed by atoms with Crippen LogP contribution in [-0.4, -0.2) is 32.3 Å². The van der Waals surface area contributed by atoms with Gasteiger partial charge in [-0.2, -0.15) is 0 Å². The average Bonchev–Trinajstić information content (AvgIpc) is 1.97. The van der Waals surface area contributed by atoms with Crippen molar-refractivity contribution in [1.29, 1.82) is 0 Å². The summed E-state index contributed by atoms with van der Waals surface area (Å²) in [5.74, 6) is 0. The highest BCUT2D eigenvalue weighted by Gasteiger charge is 1.96. The molecule has 0 saturated heterocycles. The normalized spacial score (nSPS) is 9.82. The Balaban J connectivity index is 3.08. The van der Waals surface area contributed by atoms with Crippen molar-refractivity contribution in [2.45, 2.75) is 19.9 Å². The fourth-order valence-corrected chi connectivity index (χ4v) is 0.563. The Morgan fingerprint density at radius 2 is 2.18 bits per heavy atom. The molecule has 2 N–H and O–H groups in total. The standard InChI is InChI=1S/C7H16N2O2/c1-6(2)9-4-5-11-7(10)8-3/h6,9H,4-5H2,1-3H3,(H,8,10). The van der Waals surface area contributed by atoms with Gasteiger partial charge in [0.15, 0.2) is 0 Å². The first-order valence-electron chi connectivity index (χ1n) is 3.74. The molecule has 0 atom stereocenters. The van der Waals surface area contributed by atoms with Crippen molar-refractivity contribution in [2.75, 3.05) is 20.2 Å². The number of ether oxygens (including phenoxy) is 1. The molecule has 0 aromatic heterocycles. The van der Waals surface area contributed by atoms with Crippen molar-refractivity contribution in [3.05, 3.63) is 0 Å². The quantitative estimate of drug-likeness (QED) is 0.583. The van der Waals surface area contributed by atoms with E-state index in [0.717, 1.165) is 0 Å². The molecule has 66 valence electrons. The van der Waals surface area contributed by atoms with Crippen molar-refractivity contribution in [2.24, 2.45) is 0 Å². The summed E-state index contributed by atoms with van der Waals surface area (Å²) >= 11 is 0. The van der Waals surface area contributed by atoms with Gasteiger partial charge in [0.1, 0.15) is 6.61 Å². The molecule has 0 aliphatic heterocycles. The highest BCUT2D eigenvalue weighted by atomic mass is 16.5. The van der Waals surface area contributed by atoms with E-state index in [-0.39, 0.29) is 6.09 Å². The molecule has 0 radical (unpaired) electrons. The molecule has 1 amide bonds. The van der Waals surface area contributed by atoms with Crippen LogP contribution in [0.4, 0.5) is 4.79 Å². The van der Waals surface area contributed by atoms with E-state index in [0.29, 0.717) is 19.2 Å². The van der Waals surface area contributed by atoms with Crippen LogP contribution in [0.1, 0.15) is 13.8 Å².